The standard InChI is InChI=1S/C17H17BrO2/c18-15-5-2-6-16(12-15)19-9-10-20-17-8-7-13-3-1-4-14(13)11-17/h2,5-8,11-12H,1,3-4,9-10H2. The van der Waals surface area contributed by atoms with Gasteiger partial charge in [0.25, 0.3) is 0 Å². The Balaban J connectivity index is 1.48. The van der Waals surface area contributed by atoms with Gasteiger partial charge in [-0.15, -0.1) is 0 Å². The lowest BCUT2D eigenvalue weighted by atomic mass is 10.1. The van der Waals surface area contributed by atoms with E-state index < -0.39 is 0 Å². The lowest BCUT2D eigenvalue weighted by Gasteiger charge is -2.09. The highest BCUT2D eigenvalue weighted by Gasteiger charge is 2.10. The third kappa shape index (κ3) is 3.34. The van der Waals surface area contributed by atoms with Crippen molar-refractivity contribution < 1.29 is 9.47 Å². The van der Waals surface area contributed by atoms with E-state index in [1.165, 1.54) is 30.4 Å². The van der Waals surface area contributed by atoms with Gasteiger partial charge in [0.1, 0.15) is 24.7 Å². The zero-order chi connectivity index (χ0) is 13.8. The first-order valence-electron chi connectivity index (χ1n) is 6.94. The van der Waals surface area contributed by atoms with E-state index in [9.17, 15) is 0 Å². The quantitative estimate of drug-likeness (QED) is 0.756. The fourth-order valence-electron chi connectivity index (χ4n) is 2.51. The molecule has 20 heavy (non-hydrogen) atoms. The predicted molar refractivity (Wildman–Crippen MR) is 83.6 cm³/mol. The Kier molecular flexibility index (Phi) is 4.26. The Morgan fingerprint density at radius 2 is 1.60 bits per heavy atom. The summed E-state index contributed by atoms with van der Waals surface area (Å²) in [6, 6.07) is 14.3. The van der Waals surface area contributed by atoms with Crippen LogP contribution in [-0.4, -0.2) is 13.2 Å². The van der Waals surface area contributed by atoms with Crippen molar-refractivity contribution in [2.24, 2.45) is 0 Å². The van der Waals surface area contributed by atoms with Gasteiger partial charge in [-0.3, -0.25) is 0 Å². The van der Waals surface area contributed by atoms with Crippen molar-refractivity contribution >= 4 is 15.9 Å². The number of rotatable bonds is 5. The zero-order valence-electron chi connectivity index (χ0n) is 11.3. The van der Waals surface area contributed by atoms with Gasteiger partial charge < -0.3 is 9.47 Å². The molecule has 3 heteroatoms. The van der Waals surface area contributed by atoms with Crippen LogP contribution in [0.5, 0.6) is 11.5 Å². The summed E-state index contributed by atoms with van der Waals surface area (Å²) in [5.41, 5.74) is 2.91. The molecule has 0 unspecified atom stereocenters. The van der Waals surface area contributed by atoms with Gasteiger partial charge in [-0.25, -0.2) is 0 Å². The van der Waals surface area contributed by atoms with E-state index in [2.05, 4.69) is 34.1 Å². The maximum Gasteiger partial charge on any atom is 0.122 e. The number of fused-ring (bicyclic) bond motifs is 1. The molecule has 0 radical (unpaired) electrons. The monoisotopic (exact) mass is 332 g/mol. The SMILES string of the molecule is Brc1cccc(OCCOc2ccc3c(c2)CCC3)c1. The molecule has 3 rings (SSSR count). The predicted octanol–water partition coefficient (Wildman–Crippen LogP) is 4.40. The number of hydrogen-bond donors (Lipinski definition) is 0. The zero-order valence-corrected chi connectivity index (χ0v) is 12.9. The van der Waals surface area contributed by atoms with Gasteiger partial charge in [-0.1, -0.05) is 28.1 Å². The van der Waals surface area contributed by atoms with Crippen molar-refractivity contribution in [3.05, 3.63) is 58.1 Å². The lowest BCUT2D eigenvalue weighted by Crippen LogP contribution is -2.09. The summed E-state index contributed by atoms with van der Waals surface area (Å²) < 4.78 is 12.4. The summed E-state index contributed by atoms with van der Waals surface area (Å²) in [5.74, 6) is 1.81. The normalized spacial score (nSPS) is 13.1. The van der Waals surface area contributed by atoms with Crippen molar-refractivity contribution in [2.75, 3.05) is 13.2 Å². The molecular weight excluding hydrogens is 316 g/mol. The van der Waals surface area contributed by atoms with Gasteiger partial charge in [-0.2, -0.15) is 0 Å². The fourth-order valence-corrected chi connectivity index (χ4v) is 2.89. The molecule has 2 nitrogen and oxygen atoms in total. The van der Waals surface area contributed by atoms with Crippen LogP contribution in [0.15, 0.2) is 46.9 Å². The van der Waals surface area contributed by atoms with Crippen LogP contribution in [0.25, 0.3) is 0 Å². The van der Waals surface area contributed by atoms with Crippen LogP contribution < -0.4 is 9.47 Å². The van der Waals surface area contributed by atoms with E-state index >= 15 is 0 Å². The Morgan fingerprint density at radius 1 is 0.850 bits per heavy atom. The van der Waals surface area contributed by atoms with Crippen LogP contribution in [0.2, 0.25) is 0 Å². The molecule has 0 saturated heterocycles. The second kappa shape index (κ2) is 6.31. The molecule has 0 heterocycles. The number of ether oxygens (including phenoxy) is 2. The highest BCUT2D eigenvalue weighted by atomic mass is 79.9. The Labute approximate surface area is 127 Å². The highest BCUT2D eigenvalue weighted by molar-refractivity contribution is 9.10. The molecule has 0 spiro atoms. The van der Waals surface area contributed by atoms with E-state index in [4.69, 9.17) is 9.47 Å². The van der Waals surface area contributed by atoms with Gasteiger partial charge in [-0.05, 0) is 60.7 Å². The van der Waals surface area contributed by atoms with Crippen molar-refractivity contribution in [1.29, 1.82) is 0 Å². The third-order valence-corrected chi connectivity index (χ3v) is 3.98. The van der Waals surface area contributed by atoms with Crippen molar-refractivity contribution in [1.82, 2.24) is 0 Å². The molecule has 0 saturated carbocycles. The van der Waals surface area contributed by atoms with Crippen LogP contribution in [0.3, 0.4) is 0 Å². The topological polar surface area (TPSA) is 18.5 Å². The fraction of sp³-hybridized carbons (Fsp3) is 0.294. The van der Waals surface area contributed by atoms with Gasteiger partial charge in [0, 0.05) is 4.47 Å². The van der Waals surface area contributed by atoms with Crippen molar-refractivity contribution in [3.8, 4) is 11.5 Å². The summed E-state index contributed by atoms with van der Waals surface area (Å²) in [4.78, 5) is 0. The van der Waals surface area contributed by atoms with Crippen molar-refractivity contribution in [2.45, 2.75) is 19.3 Å². The van der Waals surface area contributed by atoms with Crippen LogP contribution >= 0.6 is 15.9 Å². The summed E-state index contributed by atoms with van der Waals surface area (Å²) >= 11 is 3.43. The Morgan fingerprint density at radius 3 is 2.40 bits per heavy atom. The number of hydrogen-bond acceptors (Lipinski definition) is 2. The maximum absolute atomic E-state index is 5.75. The second-order valence-electron chi connectivity index (χ2n) is 4.94. The molecule has 0 atom stereocenters. The summed E-state index contributed by atoms with van der Waals surface area (Å²) in [6.45, 7) is 1.11. The molecule has 0 aliphatic heterocycles. The van der Waals surface area contributed by atoms with Crippen LogP contribution in [-0.2, 0) is 12.8 Å². The first-order chi connectivity index (χ1) is 9.81. The van der Waals surface area contributed by atoms with Crippen LogP contribution in [0, 0.1) is 0 Å². The number of halogens is 1. The van der Waals surface area contributed by atoms with Crippen LogP contribution in [0.1, 0.15) is 17.5 Å². The van der Waals surface area contributed by atoms with Gasteiger partial charge >= 0.3 is 0 Å². The first kappa shape index (κ1) is 13.5. The minimum atomic E-state index is 0.549. The summed E-state index contributed by atoms with van der Waals surface area (Å²) in [7, 11) is 0. The van der Waals surface area contributed by atoms with E-state index in [0.29, 0.717) is 13.2 Å². The van der Waals surface area contributed by atoms with Crippen molar-refractivity contribution in [3.63, 3.8) is 0 Å². The Hall–Kier alpha value is -1.48. The molecular formula is C17H17BrO2. The third-order valence-electron chi connectivity index (χ3n) is 3.49. The van der Waals surface area contributed by atoms with E-state index in [1.54, 1.807) is 0 Å². The van der Waals surface area contributed by atoms with Crippen LogP contribution in [0.4, 0.5) is 0 Å². The summed E-state index contributed by atoms with van der Waals surface area (Å²) in [5, 5.41) is 0. The lowest BCUT2D eigenvalue weighted by molar-refractivity contribution is 0.217. The molecule has 1 aliphatic carbocycles. The largest absolute Gasteiger partial charge is 0.490 e. The summed E-state index contributed by atoms with van der Waals surface area (Å²) in [6.07, 6.45) is 3.66. The van der Waals surface area contributed by atoms with Gasteiger partial charge in [0.2, 0.25) is 0 Å². The average Bonchev–Trinajstić information content (AvgIpc) is 2.91. The molecule has 0 amide bonds. The average molecular weight is 333 g/mol. The molecule has 0 fully saturated rings. The maximum atomic E-state index is 5.75. The van der Waals surface area contributed by atoms with Gasteiger partial charge in [0.15, 0.2) is 0 Å². The number of aryl methyl sites for hydroxylation is 2. The minimum Gasteiger partial charge on any atom is -0.490 e. The molecule has 2 aromatic rings. The molecule has 0 aromatic heterocycles. The van der Waals surface area contributed by atoms with E-state index in [0.717, 1.165) is 16.0 Å². The molecule has 0 bridgehead atoms. The van der Waals surface area contributed by atoms with Gasteiger partial charge in [0.05, 0.1) is 0 Å². The van der Waals surface area contributed by atoms with E-state index in [-0.39, 0.29) is 0 Å². The second-order valence-corrected chi connectivity index (χ2v) is 5.85. The first-order valence-corrected chi connectivity index (χ1v) is 7.73. The molecule has 0 N–H and O–H groups in total. The Bertz CT molecular complexity index is 595. The highest BCUT2D eigenvalue weighted by Crippen LogP contribution is 2.26. The number of benzene rings is 2. The smallest absolute Gasteiger partial charge is 0.122 e. The van der Waals surface area contributed by atoms with E-state index in [1.807, 2.05) is 24.3 Å². The molecule has 2 aromatic carbocycles. The minimum absolute atomic E-state index is 0.549. The molecule has 1 aliphatic rings. The molecule has 104 valence electrons.